The average molecular weight is 374 g/mol. The molecule has 6 nitrogen and oxygen atoms in total. The van der Waals surface area contributed by atoms with Gasteiger partial charge in [-0.25, -0.2) is 0 Å². The van der Waals surface area contributed by atoms with Crippen molar-refractivity contribution in [2.75, 3.05) is 6.54 Å². The first-order chi connectivity index (χ1) is 12.7. The first kappa shape index (κ1) is 18.2. The fourth-order valence-corrected chi connectivity index (χ4v) is 2.85. The summed E-state index contributed by atoms with van der Waals surface area (Å²) in [5.41, 5.74) is 0.680. The largest absolute Gasteiger partial charge is 0.469 e. The van der Waals surface area contributed by atoms with E-state index in [2.05, 4.69) is 10.2 Å². The van der Waals surface area contributed by atoms with Gasteiger partial charge in [-0.3, -0.25) is 4.79 Å². The van der Waals surface area contributed by atoms with Gasteiger partial charge in [0, 0.05) is 19.4 Å². The zero-order valence-electron chi connectivity index (χ0n) is 14.5. The predicted molar refractivity (Wildman–Crippen MR) is 97.5 cm³/mol. The summed E-state index contributed by atoms with van der Waals surface area (Å²) in [5.74, 6) is 1.57. The number of aryl methyl sites for hydroxylation is 1. The van der Waals surface area contributed by atoms with E-state index in [1.54, 1.807) is 17.2 Å². The van der Waals surface area contributed by atoms with Crippen LogP contribution in [-0.2, 0) is 17.8 Å². The molecule has 0 aliphatic heterocycles. The first-order valence-electron chi connectivity index (χ1n) is 8.54. The van der Waals surface area contributed by atoms with Gasteiger partial charge in [0.2, 0.25) is 17.7 Å². The van der Waals surface area contributed by atoms with Crippen LogP contribution < -0.4 is 0 Å². The van der Waals surface area contributed by atoms with E-state index in [1.165, 1.54) is 0 Å². The second kappa shape index (κ2) is 8.67. The van der Waals surface area contributed by atoms with Crippen molar-refractivity contribution in [1.29, 1.82) is 0 Å². The summed E-state index contributed by atoms with van der Waals surface area (Å²) >= 11 is 6.16. The van der Waals surface area contributed by atoms with Crippen molar-refractivity contribution in [2.45, 2.75) is 32.7 Å². The van der Waals surface area contributed by atoms with Gasteiger partial charge in [0.15, 0.2) is 0 Å². The Morgan fingerprint density at radius 3 is 2.77 bits per heavy atom. The van der Waals surface area contributed by atoms with Crippen LogP contribution in [0.3, 0.4) is 0 Å². The van der Waals surface area contributed by atoms with Gasteiger partial charge in [-0.05, 0) is 30.7 Å². The Bertz CT molecular complexity index is 845. The second-order valence-electron chi connectivity index (χ2n) is 5.88. The van der Waals surface area contributed by atoms with Crippen molar-refractivity contribution < 1.29 is 13.6 Å². The minimum atomic E-state index is 0.0285. The monoisotopic (exact) mass is 373 g/mol. The van der Waals surface area contributed by atoms with Gasteiger partial charge in [0.1, 0.15) is 5.76 Å². The molecule has 0 fully saturated rings. The Hall–Kier alpha value is -2.60. The molecule has 0 radical (unpaired) electrons. The Morgan fingerprint density at radius 1 is 1.19 bits per heavy atom. The molecule has 0 bridgehead atoms. The molecule has 0 atom stereocenters. The summed E-state index contributed by atoms with van der Waals surface area (Å²) in [5, 5.41) is 8.66. The van der Waals surface area contributed by atoms with E-state index in [9.17, 15) is 4.79 Å². The van der Waals surface area contributed by atoms with Crippen molar-refractivity contribution in [3.05, 3.63) is 59.3 Å². The van der Waals surface area contributed by atoms with Gasteiger partial charge in [0.05, 0.1) is 23.4 Å². The lowest BCUT2D eigenvalue weighted by Crippen LogP contribution is -2.31. The van der Waals surface area contributed by atoms with Gasteiger partial charge in [-0.2, -0.15) is 0 Å². The van der Waals surface area contributed by atoms with E-state index in [0.29, 0.717) is 41.8 Å². The van der Waals surface area contributed by atoms with Crippen molar-refractivity contribution >= 4 is 17.5 Å². The quantitative estimate of drug-likeness (QED) is 0.586. The molecule has 2 aromatic heterocycles. The summed E-state index contributed by atoms with van der Waals surface area (Å²) in [4.78, 5) is 14.3. The first-order valence-corrected chi connectivity index (χ1v) is 8.92. The van der Waals surface area contributed by atoms with E-state index in [4.69, 9.17) is 20.4 Å². The SMILES string of the molecule is CCCN(Cc1nnc(-c2ccccc2Cl)o1)C(=O)CCc1ccco1. The highest BCUT2D eigenvalue weighted by molar-refractivity contribution is 6.33. The van der Waals surface area contributed by atoms with Crippen LogP contribution in [0, 0.1) is 0 Å². The van der Waals surface area contributed by atoms with E-state index in [1.807, 2.05) is 37.3 Å². The van der Waals surface area contributed by atoms with Crippen LogP contribution in [0.4, 0.5) is 0 Å². The molecule has 0 spiro atoms. The van der Waals surface area contributed by atoms with Gasteiger partial charge < -0.3 is 13.7 Å². The van der Waals surface area contributed by atoms with Gasteiger partial charge in [-0.15, -0.1) is 10.2 Å². The maximum atomic E-state index is 12.5. The van der Waals surface area contributed by atoms with Crippen molar-refractivity contribution in [3.63, 3.8) is 0 Å². The van der Waals surface area contributed by atoms with Crippen molar-refractivity contribution in [2.24, 2.45) is 0 Å². The number of rotatable bonds is 8. The number of amides is 1. The number of aromatic nitrogens is 2. The zero-order valence-corrected chi connectivity index (χ0v) is 15.3. The molecule has 0 saturated heterocycles. The maximum Gasteiger partial charge on any atom is 0.249 e. The summed E-state index contributed by atoms with van der Waals surface area (Å²) in [6.45, 7) is 2.93. The van der Waals surface area contributed by atoms with Gasteiger partial charge in [0.25, 0.3) is 0 Å². The van der Waals surface area contributed by atoms with Crippen LogP contribution in [0.1, 0.15) is 31.4 Å². The number of carbonyl (C=O) groups excluding carboxylic acids is 1. The Balaban J connectivity index is 1.66. The van der Waals surface area contributed by atoms with Crippen LogP contribution in [0.5, 0.6) is 0 Å². The fraction of sp³-hybridized carbons (Fsp3) is 0.316. The molecule has 0 saturated carbocycles. The summed E-state index contributed by atoms with van der Waals surface area (Å²) in [7, 11) is 0. The van der Waals surface area contributed by atoms with Crippen LogP contribution in [0.15, 0.2) is 51.5 Å². The van der Waals surface area contributed by atoms with Crippen LogP contribution in [-0.4, -0.2) is 27.5 Å². The minimum Gasteiger partial charge on any atom is -0.469 e. The fourth-order valence-electron chi connectivity index (χ4n) is 2.63. The van der Waals surface area contributed by atoms with Crippen LogP contribution in [0.25, 0.3) is 11.5 Å². The highest BCUT2D eigenvalue weighted by Crippen LogP contribution is 2.26. The number of carbonyl (C=O) groups is 1. The van der Waals surface area contributed by atoms with E-state index < -0.39 is 0 Å². The number of furan rings is 1. The number of hydrogen-bond acceptors (Lipinski definition) is 5. The van der Waals surface area contributed by atoms with Crippen molar-refractivity contribution in [1.82, 2.24) is 15.1 Å². The van der Waals surface area contributed by atoms with E-state index in [-0.39, 0.29) is 12.5 Å². The number of benzene rings is 1. The molecule has 136 valence electrons. The lowest BCUT2D eigenvalue weighted by Gasteiger charge is -2.20. The molecule has 0 N–H and O–H groups in total. The molecule has 0 aliphatic rings. The third-order valence-electron chi connectivity index (χ3n) is 3.91. The smallest absolute Gasteiger partial charge is 0.249 e. The molecular formula is C19H20ClN3O3. The molecule has 1 amide bonds. The molecular weight excluding hydrogens is 354 g/mol. The summed E-state index contributed by atoms with van der Waals surface area (Å²) in [6, 6.07) is 11.0. The Morgan fingerprint density at radius 2 is 2.04 bits per heavy atom. The number of nitrogens with zero attached hydrogens (tertiary/aromatic N) is 3. The third-order valence-corrected chi connectivity index (χ3v) is 4.24. The van der Waals surface area contributed by atoms with Crippen molar-refractivity contribution in [3.8, 4) is 11.5 Å². The summed E-state index contributed by atoms with van der Waals surface area (Å²) in [6.07, 6.45) is 3.40. The molecule has 2 heterocycles. The molecule has 7 heteroatoms. The summed E-state index contributed by atoms with van der Waals surface area (Å²) < 4.78 is 11.0. The lowest BCUT2D eigenvalue weighted by atomic mass is 10.2. The highest BCUT2D eigenvalue weighted by atomic mass is 35.5. The van der Waals surface area contributed by atoms with E-state index in [0.717, 1.165) is 12.2 Å². The standard InChI is InChI=1S/C19H20ClN3O3/c1-2-11-23(18(24)10-9-14-6-5-12-25-14)13-17-21-22-19(26-17)15-7-3-4-8-16(15)20/h3-8,12H,2,9-11,13H2,1H3. The Labute approximate surface area is 156 Å². The number of halogens is 1. The molecule has 1 aromatic carbocycles. The molecule has 3 rings (SSSR count). The maximum absolute atomic E-state index is 12.5. The second-order valence-corrected chi connectivity index (χ2v) is 6.28. The van der Waals surface area contributed by atoms with Crippen LogP contribution >= 0.6 is 11.6 Å². The topological polar surface area (TPSA) is 72.4 Å². The Kier molecular flexibility index (Phi) is 6.07. The van der Waals surface area contributed by atoms with Gasteiger partial charge in [-0.1, -0.05) is 30.7 Å². The normalized spacial score (nSPS) is 10.8. The van der Waals surface area contributed by atoms with Gasteiger partial charge >= 0.3 is 0 Å². The molecule has 26 heavy (non-hydrogen) atoms. The molecule has 0 unspecified atom stereocenters. The van der Waals surface area contributed by atoms with E-state index >= 15 is 0 Å². The zero-order chi connectivity index (χ0) is 18.4. The predicted octanol–water partition coefficient (Wildman–Crippen LogP) is 4.35. The minimum absolute atomic E-state index is 0.0285. The number of hydrogen-bond donors (Lipinski definition) is 0. The highest BCUT2D eigenvalue weighted by Gasteiger charge is 2.18. The molecule has 3 aromatic rings. The third kappa shape index (κ3) is 4.52. The average Bonchev–Trinajstić information content (AvgIpc) is 3.31. The lowest BCUT2D eigenvalue weighted by molar-refractivity contribution is -0.132. The van der Waals surface area contributed by atoms with Crippen LogP contribution in [0.2, 0.25) is 5.02 Å². The molecule has 0 aliphatic carbocycles.